The van der Waals surface area contributed by atoms with Crippen molar-refractivity contribution >= 4 is 11.6 Å². The Balaban J connectivity index is 2.70. The van der Waals surface area contributed by atoms with Crippen LogP contribution in [0.4, 0.5) is 0 Å². The van der Waals surface area contributed by atoms with Gasteiger partial charge in [-0.05, 0) is 5.92 Å². The summed E-state index contributed by atoms with van der Waals surface area (Å²) in [7, 11) is 1.63. The molecule has 0 bridgehead atoms. The first kappa shape index (κ1) is 11.5. The van der Waals surface area contributed by atoms with Gasteiger partial charge in [0.15, 0.2) is 0 Å². The van der Waals surface area contributed by atoms with E-state index in [2.05, 4.69) is 24.2 Å². The van der Waals surface area contributed by atoms with Crippen molar-refractivity contribution in [2.24, 2.45) is 5.92 Å². The fourth-order valence-corrected chi connectivity index (χ4v) is 1.52. The maximum Gasteiger partial charge on any atom is 0.100 e. The maximum atomic E-state index is 6.11. The molecule has 0 N–H and O–H groups in total. The van der Waals surface area contributed by atoms with Crippen molar-refractivity contribution in [1.82, 2.24) is 15.0 Å². The minimum absolute atomic E-state index is 0.172. The second-order valence-corrected chi connectivity index (χ2v) is 4.18. The SMILES string of the molecule is COCC(Cl)c1cnnn1CC(C)C. The number of rotatable bonds is 5. The number of ether oxygens (including phenoxy) is 1. The Morgan fingerprint density at radius 2 is 2.29 bits per heavy atom. The van der Waals surface area contributed by atoms with Crippen molar-refractivity contribution < 1.29 is 4.74 Å². The molecule has 5 heteroatoms. The molecule has 0 aliphatic heterocycles. The molecule has 0 radical (unpaired) electrons. The van der Waals surface area contributed by atoms with Crippen molar-refractivity contribution in [3.05, 3.63) is 11.9 Å². The van der Waals surface area contributed by atoms with Crippen molar-refractivity contribution in [3.8, 4) is 0 Å². The molecule has 0 aliphatic rings. The lowest BCUT2D eigenvalue weighted by atomic mass is 10.2. The molecule has 1 aromatic heterocycles. The van der Waals surface area contributed by atoms with Crippen LogP contribution in [0.5, 0.6) is 0 Å². The Morgan fingerprint density at radius 3 is 2.86 bits per heavy atom. The van der Waals surface area contributed by atoms with Crippen LogP contribution < -0.4 is 0 Å². The van der Waals surface area contributed by atoms with E-state index in [1.807, 2.05) is 4.68 Å². The van der Waals surface area contributed by atoms with Gasteiger partial charge in [0.2, 0.25) is 0 Å². The minimum atomic E-state index is -0.172. The summed E-state index contributed by atoms with van der Waals surface area (Å²) in [6.07, 6.45) is 1.69. The topological polar surface area (TPSA) is 39.9 Å². The largest absolute Gasteiger partial charge is 0.383 e. The average Bonchev–Trinajstić information content (AvgIpc) is 2.51. The quantitative estimate of drug-likeness (QED) is 0.707. The lowest BCUT2D eigenvalue weighted by Crippen LogP contribution is -2.13. The van der Waals surface area contributed by atoms with Crippen molar-refractivity contribution in [3.63, 3.8) is 0 Å². The number of aromatic nitrogens is 3. The van der Waals surface area contributed by atoms with Crippen LogP contribution in [0.15, 0.2) is 6.20 Å². The molecule has 1 rings (SSSR count). The zero-order valence-corrected chi connectivity index (χ0v) is 9.53. The molecule has 0 aliphatic carbocycles. The average molecular weight is 218 g/mol. The van der Waals surface area contributed by atoms with Gasteiger partial charge in [0, 0.05) is 13.7 Å². The summed E-state index contributed by atoms with van der Waals surface area (Å²) in [6.45, 7) is 5.57. The predicted octanol–water partition coefficient (Wildman–Crippen LogP) is 1.86. The molecule has 4 nitrogen and oxygen atoms in total. The molecule has 0 amide bonds. The monoisotopic (exact) mass is 217 g/mol. The van der Waals surface area contributed by atoms with E-state index in [1.54, 1.807) is 13.3 Å². The second-order valence-electron chi connectivity index (χ2n) is 3.66. The molecule has 1 heterocycles. The van der Waals surface area contributed by atoms with Crippen LogP contribution >= 0.6 is 11.6 Å². The molecule has 1 unspecified atom stereocenters. The summed E-state index contributed by atoms with van der Waals surface area (Å²) < 4.78 is 6.82. The van der Waals surface area contributed by atoms with Crippen molar-refractivity contribution in [1.29, 1.82) is 0 Å². The highest BCUT2D eigenvalue weighted by atomic mass is 35.5. The van der Waals surface area contributed by atoms with Gasteiger partial charge in [-0.15, -0.1) is 16.7 Å². The van der Waals surface area contributed by atoms with Crippen LogP contribution in [0, 0.1) is 5.92 Å². The van der Waals surface area contributed by atoms with E-state index >= 15 is 0 Å². The van der Waals surface area contributed by atoms with Crippen LogP contribution in [-0.4, -0.2) is 28.7 Å². The molecule has 14 heavy (non-hydrogen) atoms. The Labute approximate surface area is 89.2 Å². The molecule has 1 atom stereocenters. The molecule has 1 aromatic rings. The zero-order chi connectivity index (χ0) is 10.6. The van der Waals surface area contributed by atoms with E-state index in [0.717, 1.165) is 12.2 Å². The van der Waals surface area contributed by atoms with Gasteiger partial charge in [0.1, 0.15) is 5.38 Å². The van der Waals surface area contributed by atoms with E-state index in [1.165, 1.54) is 0 Å². The highest BCUT2D eigenvalue weighted by molar-refractivity contribution is 6.20. The normalized spacial score (nSPS) is 13.5. The molecule has 0 fully saturated rings. The lowest BCUT2D eigenvalue weighted by molar-refractivity contribution is 0.195. The summed E-state index contributed by atoms with van der Waals surface area (Å²) in [5, 5.41) is 7.67. The van der Waals surface area contributed by atoms with E-state index in [4.69, 9.17) is 16.3 Å². The van der Waals surface area contributed by atoms with Gasteiger partial charge in [-0.1, -0.05) is 19.1 Å². The molecular weight excluding hydrogens is 202 g/mol. The summed E-state index contributed by atoms with van der Waals surface area (Å²) in [4.78, 5) is 0. The van der Waals surface area contributed by atoms with Gasteiger partial charge in [0.25, 0.3) is 0 Å². The summed E-state index contributed by atoms with van der Waals surface area (Å²) in [6, 6.07) is 0. The number of halogens is 1. The maximum absolute atomic E-state index is 6.11. The molecule has 0 aromatic carbocycles. The standard InChI is InChI=1S/C9H16ClN3O/c1-7(2)5-13-9(4-11-12-13)8(10)6-14-3/h4,7-8H,5-6H2,1-3H3. The van der Waals surface area contributed by atoms with Gasteiger partial charge >= 0.3 is 0 Å². The second kappa shape index (κ2) is 5.32. The third kappa shape index (κ3) is 2.96. The van der Waals surface area contributed by atoms with Gasteiger partial charge in [-0.25, -0.2) is 4.68 Å². The number of hydrogen-bond acceptors (Lipinski definition) is 3. The van der Waals surface area contributed by atoms with Crippen LogP contribution in [0.3, 0.4) is 0 Å². The Hall–Kier alpha value is -0.610. The number of nitrogens with zero attached hydrogens (tertiary/aromatic N) is 3. The lowest BCUT2D eigenvalue weighted by Gasteiger charge is -2.11. The van der Waals surface area contributed by atoms with Crippen LogP contribution in [-0.2, 0) is 11.3 Å². The summed E-state index contributed by atoms with van der Waals surface area (Å²) in [5.41, 5.74) is 0.919. The van der Waals surface area contributed by atoms with Crippen molar-refractivity contribution in [2.45, 2.75) is 25.8 Å². The van der Waals surface area contributed by atoms with Crippen LogP contribution in [0.1, 0.15) is 24.9 Å². The highest BCUT2D eigenvalue weighted by Gasteiger charge is 2.14. The first-order chi connectivity index (χ1) is 6.65. The van der Waals surface area contributed by atoms with E-state index < -0.39 is 0 Å². The first-order valence-electron chi connectivity index (χ1n) is 4.66. The van der Waals surface area contributed by atoms with E-state index in [0.29, 0.717) is 12.5 Å². The summed E-state index contributed by atoms with van der Waals surface area (Å²) >= 11 is 6.11. The molecule has 0 spiro atoms. The number of alkyl halides is 1. The molecule has 80 valence electrons. The Morgan fingerprint density at radius 1 is 1.57 bits per heavy atom. The first-order valence-corrected chi connectivity index (χ1v) is 5.10. The summed E-state index contributed by atoms with van der Waals surface area (Å²) in [5.74, 6) is 0.530. The zero-order valence-electron chi connectivity index (χ0n) is 8.77. The third-order valence-corrected chi connectivity index (χ3v) is 2.17. The fraction of sp³-hybridized carbons (Fsp3) is 0.778. The molecular formula is C9H16ClN3O. The Bertz CT molecular complexity index is 275. The third-order valence-electron chi connectivity index (χ3n) is 1.82. The van der Waals surface area contributed by atoms with Crippen LogP contribution in [0.2, 0.25) is 0 Å². The smallest absolute Gasteiger partial charge is 0.100 e. The van der Waals surface area contributed by atoms with E-state index in [9.17, 15) is 0 Å². The van der Waals surface area contributed by atoms with E-state index in [-0.39, 0.29) is 5.38 Å². The molecule has 0 saturated heterocycles. The Kier molecular flexibility index (Phi) is 4.35. The van der Waals surface area contributed by atoms with Gasteiger partial charge in [-0.2, -0.15) is 0 Å². The van der Waals surface area contributed by atoms with Gasteiger partial charge in [0.05, 0.1) is 18.5 Å². The highest BCUT2D eigenvalue weighted by Crippen LogP contribution is 2.19. The minimum Gasteiger partial charge on any atom is -0.383 e. The predicted molar refractivity (Wildman–Crippen MR) is 55.3 cm³/mol. The number of methoxy groups -OCH3 is 1. The van der Waals surface area contributed by atoms with Gasteiger partial charge in [-0.3, -0.25) is 0 Å². The molecule has 0 saturated carbocycles. The van der Waals surface area contributed by atoms with Crippen molar-refractivity contribution in [2.75, 3.05) is 13.7 Å². The van der Waals surface area contributed by atoms with Crippen LogP contribution in [0.25, 0.3) is 0 Å². The van der Waals surface area contributed by atoms with Gasteiger partial charge < -0.3 is 4.74 Å². The number of hydrogen-bond donors (Lipinski definition) is 0. The fourth-order valence-electron chi connectivity index (χ4n) is 1.23.